The fourth-order valence-corrected chi connectivity index (χ4v) is 3.57. The van der Waals surface area contributed by atoms with Crippen molar-refractivity contribution in [3.05, 3.63) is 70.4 Å². The summed E-state index contributed by atoms with van der Waals surface area (Å²) in [4.78, 5) is 17.0. The maximum atomic E-state index is 12.3. The van der Waals surface area contributed by atoms with E-state index in [9.17, 15) is 4.79 Å². The second-order valence-electron chi connectivity index (χ2n) is 7.21. The van der Waals surface area contributed by atoms with Crippen LogP contribution in [0.3, 0.4) is 0 Å². The summed E-state index contributed by atoms with van der Waals surface area (Å²) in [5.41, 5.74) is 11.0. The summed E-state index contributed by atoms with van der Waals surface area (Å²) in [6.07, 6.45) is 0. The summed E-state index contributed by atoms with van der Waals surface area (Å²) in [6, 6.07) is 13.2. The number of ether oxygens (including phenoxy) is 1. The first kappa shape index (κ1) is 18.7. The van der Waals surface area contributed by atoms with Crippen LogP contribution in [0.25, 0.3) is 11.4 Å². The average Bonchev–Trinajstić information content (AvgIpc) is 3.12. The highest BCUT2D eigenvalue weighted by molar-refractivity contribution is 5.95. The fourth-order valence-electron chi connectivity index (χ4n) is 3.57. The van der Waals surface area contributed by atoms with E-state index in [4.69, 9.17) is 15.6 Å². The van der Waals surface area contributed by atoms with Gasteiger partial charge in [-0.15, -0.1) is 5.10 Å². The van der Waals surface area contributed by atoms with Gasteiger partial charge in [0.25, 0.3) is 0 Å². The van der Waals surface area contributed by atoms with Gasteiger partial charge in [-0.25, -0.2) is 4.68 Å². The van der Waals surface area contributed by atoms with Crippen molar-refractivity contribution in [1.29, 1.82) is 0 Å². The molecule has 29 heavy (non-hydrogen) atoms. The molecule has 1 unspecified atom stereocenters. The Hall–Kier alpha value is -3.61. The molecule has 0 bridgehead atoms. The van der Waals surface area contributed by atoms with Crippen molar-refractivity contribution in [2.45, 2.75) is 26.8 Å². The molecule has 3 aromatic rings. The van der Waals surface area contributed by atoms with Crippen LogP contribution in [0, 0.1) is 13.8 Å². The van der Waals surface area contributed by atoms with E-state index in [1.54, 1.807) is 11.8 Å². The molecular formula is C22H23N5O2. The predicted molar refractivity (Wildman–Crippen MR) is 112 cm³/mol. The Bertz CT molecular complexity index is 1130. The second-order valence-corrected chi connectivity index (χ2v) is 7.21. The Morgan fingerprint density at radius 1 is 1.10 bits per heavy atom. The van der Waals surface area contributed by atoms with E-state index >= 15 is 0 Å². The fraction of sp³-hybridized carbons (Fsp3) is 0.227. The smallest absolute Gasteiger partial charge is 0.248 e. The average molecular weight is 389 g/mol. The van der Waals surface area contributed by atoms with Crippen LogP contribution >= 0.6 is 0 Å². The number of hydrogen-bond donors (Lipinski definition) is 2. The third-order valence-corrected chi connectivity index (χ3v) is 5.31. The Morgan fingerprint density at radius 2 is 1.83 bits per heavy atom. The van der Waals surface area contributed by atoms with Gasteiger partial charge in [-0.1, -0.05) is 24.3 Å². The molecule has 2 aromatic carbocycles. The maximum absolute atomic E-state index is 12.3. The topological polar surface area (TPSA) is 95.1 Å². The van der Waals surface area contributed by atoms with Gasteiger partial charge in [-0.3, -0.25) is 4.79 Å². The predicted octanol–water partition coefficient (Wildman–Crippen LogP) is 3.34. The zero-order valence-electron chi connectivity index (χ0n) is 16.9. The molecule has 1 aromatic heterocycles. The Labute approximate surface area is 169 Å². The van der Waals surface area contributed by atoms with Gasteiger partial charge < -0.3 is 15.8 Å². The second kappa shape index (κ2) is 7.09. The minimum atomic E-state index is -0.496. The Morgan fingerprint density at radius 3 is 2.45 bits per heavy atom. The van der Waals surface area contributed by atoms with Crippen LogP contribution in [0.2, 0.25) is 0 Å². The van der Waals surface area contributed by atoms with Gasteiger partial charge in [0.2, 0.25) is 11.9 Å². The number of rotatable bonds is 4. The lowest BCUT2D eigenvalue weighted by Gasteiger charge is -2.27. The third kappa shape index (κ3) is 3.24. The first-order valence-electron chi connectivity index (χ1n) is 9.34. The van der Waals surface area contributed by atoms with E-state index in [-0.39, 0.29) is 0 Å². The van der Waals surface area contributed by atoms with E-state index in [0.29, 0.717) is 23.0 Å². The molecule has 0 fully saturated rings. The molecule has 7 nitrogen and oxygen atoms in total. The number of methoxy groups -OCH3 is 1. The zero-order valence-corrected chi connectivity index (χ0v) is 16.9. The number of aromatic nitrogens is 3. The summed E-state index contributed by atoms with van der Waals surface area (Å²) in [5, 5.41) is 7.90. The van der Waals surface area contributed by atoms with Gasteiger partial charge >= 0.3 is 0 Å². The van der Waals surface area contributed by atoms with Crippen molar-refractivity contribution in [3.8, 4) is 17.1 Å². The number of carbonyl (C=O) groups is 1. The van der Waals surface area contributed by atoms with E-state index in [1.807, 2.05) is 37.3 Å². The highest BCUT2D eigenvalue weighted by Gasteiger charge is 2.33. The number of nitrogens with zero attached hydrogens (tertiary/aromatic N) is 3. The molecule has 148 valence electrons. The van der Waals surface area contributed by atoms with E-state index in [1.165, 1.54) is 11.1 Å². The van der Waals surface area contributed by atoms with Gasteiger partial charge in [0.05, 0.1) is 12.7 Å². The Kier molecular flexibility index (Phi) is 4.58. The van der Waals surface area contributed by atoms with Gasteiger partial charge in [-0.2, -0.15) is 4.98 Å². The Balaban J connectivity index is 1.85. The molecule has 0 saturated heterocycles. The molecular weight excluding hydrogens is 366 g/mol. The van der Waals surface area contributed by atoms with Gasteiger partial charge in [0, 0.05) is 11.3 Å². The summed E-state index contributed by atoms with van der Waals surface area (Å²) >= 11 is 0. The number of fused-ring (bicyclic) bond motifs is 1. The monoisotopic (exact) mass is 389 g/mol. The number of benzene rings is 2. The lowest BCUT2D eigenvalue weighted by Crippen LogP contribution is -2.31. The molecule has 1 atom stereocenters. The maximum Gasteiger partial charge on any atom is 0.248 e. The molecule has 4 rings (SSSR count). The van der Waals surface area contributed by atoms with Gasteiger partial charge in [0.1, 0.15) is 11.8 Å². The van der Waals surface area contributed by atoms with Crippen LogP contribution in [0.5, 0.6) is 5.75 Å². The number of anilines is 1. The van der Waals surface area contributed by atoms with Crippen LogP contribution in [0.4, 0.5) is 5.95 Å². The molecule has 7 heteroatoms. The normalized spacial score (nSPS) is 15.7. The lowest BCUT2D eigenvalue weighted by atomic mass is 9.95. The number of aryl methyl sites for hydroxylation is 2. The van der Waals surface area contributed by atoms with E-state index < -0.39 is 11.9 Å². The van der Waals surface area contributed by atoms with Crippen molar-refractivity contribution in [2.24, 2.45) is 5.73 Å². The molecule has 0 spiro atoms. The highest BCUT2D eigenvalue weighted by atomic mass is 16.5. The molecule has 3 N–H and O–H groups in total. The van der Waals surface area contributed by atoms with E-state index in [2.05, 4.69) is 36.3 Å². The highest BCUT2D eigenvalue weighted by Crippen LogP contribution is 2.36. The largest absolute Gasteiger partial charge is 0.497 e. The number of amides is 1. The summed E-state index contributed by atoms with van der Waals surface area (Å²) in [6.45, 7) is 5.95. The van der Waals surface area contributed by atoms with Crippen LogP contribution in [-0.4, -0.2) is 27.8 Å². The standard InChI is InChI=1S/C22H23N5O2/c1-12-5-6-16(11-13(12)2)21-25-22-24-14(3)18(20(23)28)19(27(22)26-21)15-7-9-17(29-4)10-8-15/h5-11,19H,1-4H3,(H2,23,28)(H,24,25,26). The van der Waals surface area contributed by atoms with Crippen LogP contribution in [-0.2, 0) is 4.79 Å². The zero-order chi connectivity index (χ0) is 20.7. The first-order valence-corrected chi connectivity index (χ1v) is 9.34. The van der Waals surface area contributed by atoms with Crippen molar-refractivity contribution in [1.82, 2.24) is 14.8 Å². The first-order chi connectivity index (χ1) is 13.9. The van der Waals surface area contributed by atoms with Crippen LogP contribution < -0.4 is 15.8 Å². The molecule has 1 aliphatic rings. The van der Waals surface area contributed by atoms with Crippen molar-refractivity contribution < 1.29 is 9.53 Å². The van der Waals surface area contributed by atoms with Gasteiger partial charge in [-0.05, 0) is 55.7 Å². The molecule has 0 aliphatic carbocycles. The summed E-state index contributed by atoms with van der Waals surface area (Å²) < 4.78 is 6.98. The molecule has 1 aliphatic heterocycles. The van der Waals surface area contributed by atoms with Crippen molar-refractivity contribution >= 4 is 11.9 Å². The molecule has 2 heterocycles. The SMILES string of the molecule is COc1ccc(C2C(C(N)=O)=C(C)Nc3nc(-c4ccc(C)c(C)c4)nn32)cc1. The number of carbonyl (C=O) groups excluding carboxylic acids is 1. The molecule has 0 radical (unpaired) electrons. The number of nitrogens with two attached hydrogens (primary N) is 1. The number of hydrogen-bond acceptors (Lipinski definition) is 5. The van der Waals surface area contributed by atoms with Crippen LogP contribution in [0.15, 0.2) is 53.7 Å². The van der Waals surface area contributed by atoms with Gasteiger partial charge in [0.15, 0.2) is 5.82 Å². The molecule has 0 saturated carbocycles. The third-order valence-electron chi connectivity index (χ3n) is 5.31. The molecule has 1 amide bonds. The van der Waals surface area contributed by atoms with Crippen molar-refractivity contribution in [3.63, 3.8) is 0 Å². The lowest BCUT2D eigenvalue weighted by molar-refractivity contribution is -0.115. The van der Waals surface area contributed by atoms with Crippen LogP contribution in [0.1, 0.15) is 29.7 Å². The summed E-state index contributed by atoms with van der Waals surface area (Å²) in [5.74, 6) is 1.40. The number of nitrogens with one attached hydrogen (secondary N) is 1. The quantitative estimate of drug-likeness (QED) is 0.714. The minimum Gasteiger partial charge on any atom is -0.497 e. The minimum absolute atomic E-state index is 0.458. The number of allylic oxidation sites excluding steroid dienone is 1. The van der Waals surface area contributed by atoms with E-state index in [0.717, 1.165) is 16.9 Å². The van der Waals surface area contributed by atoms with Crippen molar-refractivity contribution in [2.75, 3.05) is 12.4 Å². The number of primary amides is 1. The summed E-state index contributed by atoms with van der Waals surface area (Å²) in [7, 11) is 1.61.